The van der Waals surface area contributed by atoms with E-state index in [0.717, 1.165) is 17.9 Å². The number of nitrogens with one attached hydrogen (secondary N) is 1. The molecule has 2 aromatic rings. The Balaban J connectivity index is 1.60. The van der Waals surface area contributed by atoms with Crippen LogP contribution in [0.5, 0.6) is 0 Å². The number of nitrogens with zero attached hydrogens (tertiary/aromatic N) is 3. The van der Waals surface area contributed by atoms with Crippen molar-refractivity contribution in [1.82, 2.24) is 19.9 Å². The average molecular weight is 398 g/mol. The Hall–Kier alpha value is -2.90. The maximum Gasteiger partial charge on any atom is 0.251 e. The molecule has 0 aromatic carbocycles. The van der Waals surface area contributed by atoms with Crippen molar-refractivity contribution >= 4 is 11.8 Å². The standard InChI is InChI=1S/C21H26N4O4/c1-12(2)18-8-16(23-29-18)9-22-21(28)20-15-7-14(10-24(11-15)13(3)26)17-5-4-6-19(27)25(17)20/h4-6,8,12,14-15,20H,7,9-11H2,1-3H3,(H,22,28)/t14-,15+,20-/m1/s1. The first kappa shape index (κ1) is 19.4. The van der Waals surface area contributed by atoms with E-state index < -0.39 is 6.04 Å². The molecule has 154 valence electrons. The van der Waals surface area contributed by atoms with Gasteiger partial charge in [0.2, 0.25) is 11.8 Å². The summed E-state index contributed by atoms with van der Waals surface area (Å²) in [6, 6.07) is 6.28. The van der Waals surface area contributed by atoms with E-state index in [-0.39, 0.29) is 41.7 Å². The molecule has 4 heterocycles. The van der Waals surface area contributed by atoms with Gasteiger partial charge in [0.1, 0.15) is 17.5 Å². The van der Waals surface area contributed by atoms with Gasteiger partial charge in [0.05, 0.1) is 6.54 Å². The van der Waals surface area contributed by atoms with Gasteiger partial charge in [-0.05, 0) is 12.5 Å². The van der Waals surface area contributed by atoms with E-state index in [1.807, 2.05) is 26.0 Å². The van der Waals surface area contributed by atoms with Gasteiger partial charge in [0.25, 0.3) is 5.56 Å². The predicted octanol–water partition coefficient (Wildman–Crippen LogP) is 1.78. The van der Waals surface area contributed by atoms with E-state index >= 15 is 0 Å². The second-order valence-corrected chi connectivity index (χ2v) is 8.31. The van der Waals surface area contributed by atoms with Crippen molar-refractivity contribution in [3.8, 4) is 0 Å². The maximum atomic E-state index is 13.2. The molecule has 4 rings (SSSR count). The molecule has 2 aliphatic heterocycles. The lowest BCUT2D eigenvalue weighted by Crippen LogP contribution is -2.54. The summed E-state index contributed by atoms with van der Waals surface area (Å²) < 4.78 is 6.90. The molecule has 1 N–H and O–H groups in total. The predicted molar refractivity (Wildman–Crippen MR) is 105 cm³/mol. The summed E-state index contributed by atoms with van der Waals surface area (Å²) in [6.07, 6.45) is 0.785. The summed E-state index contributed by atoms with van der Waals surface area (Å²) in [5.74, 6) is 0.707. The zero-order chi connectivity index (χ0) is 20.7. The molecule has 0 aliphatic carbocycles. The van der Waals surface area contributed by atoms with E-state index in [4.69, 9.17) is 4.52 Å². The fourth-order valence-electron chi connectivity index (χ4n) is 4.49. The molecular weight excluding hydrogens is 372 g/mol. The van der Waals surface area contributed by atoms with Gasteiger partial charge in [-0.2, -0.15) is 0 Å². The molecule has 0 radical (unpaired) electrons. The van der Waals surface area contributed by atoms with Crippen LogP contribution in [0.3, 0.4) is 0 Å². The van der Waals surface area contributed by atoms with Crippen LogP contribution in [0.2, 0.25) is 0 Å². The molecule has 8 heteroatoms. The van der Waals surface area contributed by atoms with Crippen LogP contribution in [0.4, 0.5) is 0 Å². The third-order valence-corrected chi connectivity index (χ3v) is 5.95. The van der Waals surface area contributed by atoms with Crippen molar-refractivity contribution in [3.05, 3.63) is 51.8 Å². The van der Waals surface area contributed by atoms with Crippen LogP contribution in [0.1, 0.15) is 62.2 Å². The number of aromatic nitrogens is 2. The Morgan fingerprint density at radius 2 is 2.10 bits per heavy atom. The summed E-state index contributed by atoms with van der Waals surface area (Å²) in [5.41, 5.74) is 1.28. The van der Waals surface area contributed by atoms with E-state index in [2.05, 4.69) is 10.5 Å². The minimum absolute atomic E-state index is 0.00519. The van der Waals surface area contributed by atoms with Crippen LogP contribution in [-0.4, -0.2) is 39.5 Å². The van der Waals surface area contributed by atoms with Crippen LogP contribution in [0.15, 0.2) is 33.6 Å². The van der Waals surface area contributed by atoms with Crippen molar-refractivity contribution in [2.24, 2.45) is 5.92 Å². The number of piperidine rings is 1. The smallest absolute Gasteiger partial charge is 0.251 e. The first-order chi connectivity index (χ1) is 13.8. The molecule has 2 bridgehead atoms. The Labute approximate surface area is 168 Å². The minimum atomic E-state index is -0.645. The largest absolute Gasteiger partial charge is 0.361 e. The molecule has 3 atom stereocenters. The topological polar surface area (TPSA) is 97.4 Å². The Morgan fingerprint density at radius 1 is 1.31 bits per heavy atom. The summed E-state index contributed by atoms with van der Waals surface area (Å²) in [7, 11) is 0. The molecule has 2 amide bonds. The van der Waals surface area contributed by atoms with Crippen molar-refractivity contribution < 1.29 is 14.1 Å². The first-order valence-electron chi connectivity index (χ1n) is 10.0. The maximum absolute atomic E-state index is 13.2. The van der Waals surface area contributed by atoms with E-state index in [9.17, 15) is 14.4 Å². The van der Waals surface area contributed by atoms with Crippen molar-refractivity contribution in [3.63, 3.8) is 0 Å². The summed E-state index contributed by atoms with van der Waals surface area (Å²) in [6.45, 7) is 6.86. The molecule has 2 aliphatic rings. The highest BCUT2D eigenvalue weighted by Crippen LogP contribution is 2.41. The van der Waals surface area contributed by atoms with Crippen LogP contribution in [0, 0.1) is 5.92 Å². The number of hydrogen-bond donors (Lipinski definition) is 1. The second-order valence-electron chi connectivity index (χ2n) is 8.31. The molecule has 0 unspecified atom stereocenters. The number of hydrogen-bond acceptors (Lipinski definition) is 5. The van der Waals surface area contributed by atoms with Gasteiger partial charge < -0.3 is 14.7 Å². The zero-order valence-electron chi connectivity index (χ0n) is 16.9. The van der Waals surface area contributed by atoms with Crippen LogP contribution >= 0.6 is 0 Å². The van der Waals surface area contributed by atoms with Gasteiger partial charge in [-0.1, -0.05) is 25.1 Å². The Kier molecular flexibility index (Phi) is 5.02. The fraction of sp³-hybridized carbons (Fsp3) is 0.524. The highest BCUT2D eigenvalue weighted by molar-refractivity contribution is 5.81. The first-order valence-corrected chi connectivity index (χ1v) is 10.0. The highest BCUT2D eigenvalue weighted by atomic mass is 16.5. The van der Waals surface area contributed by atoms with Crippen molar-refractivity contribution in [2.45, 2.75) is 51.6 Å². The van der Waals surface area contributed by atoms with E-state index in [1.54, 1.807) is 22.5 Å². The van der Waals surface area contributed by atoms with Crippen LogP contribution in [-0.2, 0) is 16.1 Å². The number of fused-ring (bicyclic) bond motifs is 4. The third kappa shape index (κ3) is 3.59. The number of rotatable bonds is 4. The average Bonchev–Trinajstić information content (AvgIpc) is 3.16. The summed E-state index contributed by atoms with van der Waals surface area (Å²) in [4.78, 5) is 39.6. The number of amides is 2. The molecule has 0 saturated carbocycles. The van der Waals surface area contributed by atoms with Gasteiger partial charge in [0.15, 0.2) is 0 Å². The zero-order valence-corrected chi connectivity index (χ0v) is 16.9. The van der Waals surface area contributed by atoms with E-state index in [1.165, 1.54) is 6.07 Å². The molecule has 0 spiro atoms. The summed E-state index contributed by atoms with van der Waals surface area (Å²) >= 11 is 0. The van der Waals surface area contributed by atoms with Gasteiger partial charge in [-0.3, -0.25) is 19.0 Å². The van der Waals surface area contributed by atoms with E-state index in [0.29, 0.717) is 18.8 Å². The molecule has 2 aromatic heterocycles. The quantitative estimate of drug-likeness (QED) is 0.847. The Morgan fingerprint density at radius 3 is 2.79 bits per heavy atom. The molecular formula is C21H26N4O4. The third-order valence-electron chi connectivity index (χ3n) is 5.95. The van der Waals surface area contributed by atoms with Gasteiger partial charge in [0, 0.05) is 55.6 Å². The molecule has 1 fully saturated rings. The van der Waals surface area contributed by atoms with Gasteiger partial charge in [-0.15, -0.1) is 0 Å². The second kappa shape index (κ2) is 7.50. The van der Waals surface area contributed by atoms with Gasteiger partial charge >= 0.3 is 0 Å². The number of likely N-dealkylation sites (tertiary alicyclic amines) is 1. The molecule has 8 nitrogen and oxygen atoms in total. The normalized spacial score (nSPS) is 23.0. The molecule has 29 heavy (non-hydrogen) atoms. The lowest BCUT2D eigenvalue weighted by Gasteiger charge is -2.46. The Bertz CT molecular complexity index is 993. The van der Waals surface area contributed by atoms with Crippen LogP contribution in [0.25, 0.3) is 0 Å². The lowest BCUT2D eigenvalue weighted by atomic mass is 9.78. The fourth-order valence-corrected chi connectivity index (χ4v) is 4.49. The molecule has 1 saturated heterocycles. The van der Waals surface area contributed by atoms with Gasteiger partial charge in [-0.25, -0.2) is 0 Å². The monoisotopic (exact) mass is 398 g/mol. The minimum Gasteiger partial charge on any atom is -0.361 e. The number of pyridine rings is 1. The highest BCUT2D eigenvalue weighted by Gasteiger charge is 2.44. The van der Waals surface area contributed by atoms with Crippen LogP contribution < -0.4 is 10.9 Å². The number of carbonyl (C=O) groups is 2. The summed E-state index contributed by atoms with van der Waals surface area (Å²) in [5, 5.41) is 6.91. The SMILES string of the molecule is CC(=O)N1C[C@H]2C[C@@H](C1)[C@H](C(=O)NCc1cc(C(C)C)on1)n1c2cccc1=O. The lowest BCUT2D eigenvalue weighted by molar-refractivity contribution is -0.135. The van der Waals surface area contributed by atoms with Crippen molar-refractivity contribution in [2.75, 3.05) is 13.1 Å². The van der Waals surface area contributed by atoms with Crippen molar-refractivity contribution in [1.29, 1.82) is 0 Å². The number of carbonyl (C=O) groups excluding carboxylic acids is 2.